The molecular formula is C16H12BrN3O2S. The highest BCUT2D eigenvalue weighted by Crippen LogP contribution is 2.39. The molecule has 0 saturated carbocycles. The lowest BCUT2D eigenvalue weighted by Crippen LogP contribution is -1.99. The first-order valence-electron chi connectivity index (χ1n) is 7.13. The predicted octanol–water partition coefficient (Wildman–Crippen LogP) is 4.92. The minimum Gasteiger partial charge on any atom is -0.258 e. The zero-order valence-corrected chi connectivity index (χ0v) is 14.5. The van der Waals surface area contributed by atoms with Crippen LogP contribution in [0.3, 0.4) is 0 Å². The van der Waals surface area contributed by atoms with Gasteiger partial charge in [-0.3, -0.25) is 10.1 Å². The maximum absolute atomic E-state index is 11.0. The van der Waals surface area contributed by atoms with Gasteiger partial charge in [-0.1, -0.05) is 6.07 Å². The molecule has 5 nitrogen and oxygen atoms in total. The Morgan fingerprint density at radius 3 is 2.91 bits per heavy atom. The summed E-state index contributed by atoms with van der Waals surface area (Å²) in [7, 11) is 0. The lowest BCUT2D eigenvalue weighted by Gasteiger charge is -2.09. The van der Waals surface area contributed by atoms with Gasteiger partial charge in [0.2, 0.25) is 0 Å². The van der Waals surface area contributed by atoms with Gasteiger partial charge in [-0.05, 0) is 58.8 Å². The third-order valence-electron chi connectivity index (χ3n) is 3.76. The average molecular weight is 390 g/mol. The minimum absolute atomic E-state index is 0.0000642. The van der Waals surface area contributed by atoms with E-state index in [0.29, 0.717) is 20.6 Å². The third kappa shape index (κ3) is 3.19. The molecule has 0 radical (unpaired) electrons. The molecule has 0 spiro atoms. The van der Waals surface area contributed by atoms with Crippen LogP contribution in [-0.4, -0.2) is 11.1 Å². The summed E-state index contributed by atoms with van der Waals surface area (Å²) < 4.78 is 0.434. The van der Waals surface area contributed by atoms with Crippen molar-refractivity contribution in [2.75, 3.05) is 0 Å². The molecule has 1 heterocycles. The number of aryl methyl sites for hydroxylation is 1. The maximum Gasteiger partial charge on any atom is 0.284 e. The number of rotatable bonds is 3. The van der Waals surface area contributed by atoms with Gasteiger partial charge in [0.05, 0.1) is 15.0 Å². The molecular weight excluding hydrogens is 378 g/mol. The van der Waals surface area contributed by atoms with E-state index in [2.05, 4.69) is 27.0 Å². The number of halogens is 1. The van der Waals surface area contributed by atoms with Crippen molar-refractivity contribution in [1.29, 1.82) is 5.26 Å². The number of nitro groups is 1. The molecule has 7 heteroatoms. The normalized spacial score (nSPS) is 13.7. The van der Waals surface area contributed by atoms with E-state index in [-0.39, 0.29) is 5.69 Å². The van der Waals surface area contributed by atoms with E-state index in [1.807, 2.05) is 0 Å². The van der Waals surface area contributed by atoms with E-state index in [0.717, 1.165) is 31.2 Å². The second-order valence-electron chi connectivity index (χ2n) is 5.23. The first-order chi connectivity index (χ1) is 11.1. The molecule has 23 heavy (non-hydrogen) atoms. The fraction of sp³-hybridized carbons (Fsp3) is 0.250. The number of nitrogens with zero attached hydrogens (tertiary/aromatic N) is 3. The molecule has 3 rings (SSSR count). The Kier molecular flexibility index (Phi) is 4.55. The Hall–Kier alpha value is -2.04. The molecule has 1 aromatic carbocycles. The van der Waals surface area contributed by atoms with E-state index in [9.17, 15) is 15.4 Å². The van der Waals surface area contributed by atoms with Crippen molar-refractivity contribution >= 4 is 44.2 Å². The Balaban J connectivity index is 1.95. The van der Waals surface area contributed by atoms with Crippen molar-refractivity contribution in [1.82, 2.24) is 0 Å². The van der Waals surface area contributed by atoms with Crippen LogP contribution in [0.25, 0.3) is 0 Å². The topological polar surface area (TPSA) is 79.3 Å². The van der Waals surface area contributed by atoms with Crippen LogP contribution in [-0.2, 0) is 12.8 Å². The quantitative estimate of drug-likeness (QED) is 0.424. The Morgan fingerprint density at radius 2 is 2.17 bits per heavy atom. The fourth-order valence-electron chi connectivity index (χ4n) is 2.64. The maximum atomic E-state index is 11.0. The first kappa shape index (κ1) is 15.8. The molecule has 116 valence electrons. The Labute approximate surface area is 145 Å². The number of hydrogen-bond acceptors (Lipinski definition) is 5. The molecule has 0 fully saturated rings. The van der Waals surface area contributed by atoms with Gasteiger partial charge in [-0.2, -0.15) is 5.26 Å². The predicted molar refractivity (Wildman–Crippen MR) is 93.7 cm³/mol. The number of nitriles is 1. The molecule has 0 N–H and O–H groups in total. The van der Waals surface area contributed by atoms with Gasteiger partial charge >= 0.3 is 0 Å². The van der Waals surface area contributed by atoms with Crippen LogP contribution in [0.5, 0.6) is 0 Å². The van der Waals surface area contributed by atoms with Gasteiger partial charge in [0, 0.05) is 17.2 Å². The summed E-state index contributed by atoms with van der Waals surface area (Å²) in [4.78, 5) is 16.2. The van der Waals surface area contributed by atoms with Crippen LogP contribution in [0.1, 0.15) is 34.4 Å². The lowest BCUT2D eigenvalue weighted by molar-refractivity contribution is -0.385. The molecule has 0 amide bonds. The number of nitro benzene ring substituents is 1. The summed E-state index contributed by atoms with van der Waals surface area (Å²) in [5.74, 6) is 0. The van der Waals surface area contributed by atoms with Crippen molar-refractivity contribution in [3.05, 3.63) is 54.4 Å². The van der Waals surface area contributed by atoms with Crippen molar-refractivity contribution < 1.29 is 4.92 Å². The van der Waals surface area contributed by atoms with Crippen LogP contribution >= 0.6 is 27.3 Å². The highest BCUT2D eigenvalue weighted by molar-refractivity contribution is 9.10. The zero-order chi connectivity index (χ0) is 16.4. The number of aliphatic imine (C=N–C) groups is 1. The van der Waals surface area contributed by atoms with Crippen LogP contribution in [0.4, 0.5) is 10.7 Å². The SMILES string of the molecule is N#Cc1c(/N=C/c2ccc(Br)c([N+](=O)[O-])c2)sc2c1CCCC2. The summed E-state index contributed by atoms with van der Waals surface area (Å²) in [5, 5.41) is 21.1. The van der Waals surface area contributed by atoms with E-state index >= 15 is 0 Å². The average Bonchev–Trinajstić information content (AvgIpc) is 2.91. The molecule has 1 aliphatic carbocycles. The summed E-state index contributed by atoms with van der Waals surface area (Å²) in [5.41, 5.74) is 2.43. The second kappa shape index (κ2) is 6.60. The molecule has 1 aromatic heterocycles. The molecule has 0 saturated heterocycles. The molecule has 0 atom stereocenters. The number of benzene rings is 1. The monoisotopic (exact) mass is 389 g/mol. The van der Waals surface area contributed by atoms with E-state index in [4.69, 9.17) is 0 Å². The van der Waals surface area contributed by atoms with Crippen LogP contribution in [0.2, 0.25) is 0 Å². The van der Waals surface area contributed by atoms with Gasteiger partial charge in [0.1, 0.15) is 11.1 Å². The largest absolute Gasteiger partial charge is 0.284 e. The highest BCUT2D eigenvalue weighted by atomic mass is 79.9. The lowest BCUT2D eigenvalue weighted by atomic mass is 9.96. The summed E-state index contributed by atoms with van der Waals surface area (Å²) >= 11 is 4.72. The van der Waals surface area contributed by atoms with E-state index in [1.165, 1.54) is 10.9 Å². The molecule has 2 aromatic rings. The van der Waals surface area contributed by atoms with Crippen molar-refractivity contribution in [2.45, 2.75) is 25.7 Å². The Morgan fingerprint density at radius 1 is 1.39 bits per heavy atom. The Bertz CT molecular complexity index is 852. The smallest absolute Gasteiger partial charge is 0.258 e. The van der Waals surface area contributed by atoms with Gasteiger partial charge in [0.25, 0.3) is 5.69 Å². The summed E-state index contributed by atoms with van der Waals surface area (Å²) in [6.45, 7) is 0. The standard InChI is InChI=1S/C16H12BrN3O2S/c17-13-6-5-10(7-14(13)20(21)22)9-19-16-12(8-18)11-3-1-2-4-15(11)23-16/h5-7,9H,1-4H2/b19-9+. The van der Waals surface area contributed by atoms with Crippen LogP contribution in [0, 0.1) is 21.4 Å². The van der Waals surface area contributed by atoms with Crippen molar-refractivity contribution in [3.63, 3.8) is 0 Å². The van der Waals surface area contributed by atoms with Crippen LogP contribution in [0.15, 0.2) is 27.7 Å². The van der Waals surface area contributed by atoms with Crippen molar-refractivity contribution in [2.24, 2.45) is 4.99 Å². The number of fused-ring (bicyclic) bond motifs is 1. The number of thiophene rings is 1. The molecule has 0 unspecified atom stereocenters. The van der Waals surface area contributed by atoms with E-state index < -0.39 is 4.92 Å². The third-order valence-corrected chi connectivity index (χ3v) is 5.63. The summed E-state index contributed by atoms with van der Waals surface area (Å²) in [6.07, 6.45) is 5.79. The fourth-order valence-corrected chi connectivity index (χ4v) is 4.22. The van der Waals surface area contributed by atoms with Gasteiger partial charge in [-0.25, -0.2) is 4.99 Å². The molecule has 0 aliphatic heterocycles. The first-order valence-corrected chi connectivity index (χ1v) is 8.73. The molecule has 0 bridgehead atoms. The van der Waals surface area contributed by atoms with Gasteiger partial charge in [0.15, 0.2) is 0 Å². The van der Waals surface area contributed by atoms with Crippen molar-refractivity contribution in [3.8, 4) is 6.07 Å². The molecule has 1 aliphatic rings. The minimum atomic E-state index is -0.439. The van der Waals surface area contributed by atoms with Gasteiger partial charge < -0.3 is 0 Å². The number of hydrogen-bond donors (Lipinski definition) is 0. The van der Waals surface area contributed by atoms with E-state index in [1.54, 1.807) is 29.7 Å². The van der Waals surface area contributed by atoms with Gasteiger partial charge in [-0.15, -0.1) is 11.3 Å². The summed E-state index contributed by atoms with van der Waals surface area (Å²) in [6, 6.07) is 7.10. The second-order valence-corrected chi connectivity index (χ2v) is 7.17. The van der Waals surface area contributed by atoms with Crippen LogP contribution < -0.4 is 0 Å². The highest BCUT2D eigenvalue weighted by Gasteiger charge is 2.20. The zero-order valence-electron chi connectivity index (χ0n) is 12.1.